The Balaban J connectivity index is 1.97. The normalized spacial score (nSPS) is 12.7. The number of aromatic nitrogens is 2. The number of nitrogens with zero attached hydrogens (tertiary/aromatic N) is 2. The first-order chi connectivity index (χ1) is 10.1. The first-order valence-electron chi connectivity index (χ1n) is 7.13. The summed E-state index contributed by atoms with van der Waals surface area (Å²) in [7, 11) is 0. The lowest BCUT2D eigenvalue weighted by Crippen LogP contribution is -2.08. The molecule has 0 aliphatic carbocycles. The predicted molar refractivity (Wildman–Crippen MR) is 84.9 cm³/mol. The highest BCUT2D eigenvalue weighted by Gasteiger charge is 2.14. The van der Waals surface area contributed by atoms with E-state index in [4.69, 9.17) is 5.73 Å². The lowest BCUT2D eigenvalue weighted by molar-refractivity contribution is 0.184. The van der Waals surface area contributed by atoms with E-state index in [2.05, 4.69) is 21.7 Å². The Morgan fingerprint density at radius 2 is 1.95 bits per heavy atom. The van der Waals surface area contributed by atoms with Crippen LogP contribution in [0.3, 0.4) is 0 Å². The Kier molecular flexibility index (Phi) is 3.62. The highest BCUT2D eigenvalue weighted by molar-refractivity contribution is 5.79. The molecule has 1 unspecified atom stereocenters. The van der Waals surface area contributed by atoms with Crippen molar-refractivity contribution in [2.75, 3.05) is 5.73 Å². The van der Waals surface area contributed by atoms with Crippen LogP contribution in [0.2, 0.25) is 0 Å². The van der Waals surface area contributed by atoms with Gasteiger partial charge in [-0.2, -0.15) is 0 Å². The van der Waals surface area contributed by atoms with E-state index in [9.17, 15) is 5.11 Å². The van der Waals surface area contributed by atoms with Crippen molar-refractivity contribution in [3.05, 3.63) is 59.9 Å². The van der Waals surface area contributed by atoms with Crippen molar-refractivity contribution >= 4 is 16.7 Å². The van der Waals surface area contributed by atoms with Crippen LogP contribution < -0.4 is 5.73 Å². The third-order valence-corrected chi connectivity index (χ3v) is 3.64. The largest absolute Gasteiger partial charge is 0.399 e. The number of imidazole rings is 1. The van der Waals surface area contributed by atoms with Crippen LogP contribution in [0.4, 0.5) is 5.69 Å². The Morgan fingerprint density at radius 3 is 2.67 bits per heavy atom. The van der Waals surface area contributed by atoms with Crippen LogP contribution in [-0.4, -0.2) is 14.7 Å². The maximum absolute atomic E-state index is 9.96. The van der Waals surface area contributed by atoms with E-state index in [0.29, 0.717) is 11.5 Å². The van der Waals surface area contributed by atoms with Crippen LogP contribution in [0.1, 0.15) is 24.4 Å². The molecule has 0 bridgehead atoms. The fourth-order valence-electron chi connectivity index (χ4n) is 2.60. The standard InChI is InChI=1S/C17H19N3O/c1-12(21)17-19-15-11-14(18)7-8-16(15)20(17)10-9-13-5-3-2-4-6-13/h2-8,11-12,21H,9-10,18H2,1H3. The lowest BCUT2D eigenvalue weighted by atomic mass is 10.1. The van der Waals surface area contributed by atoms with Gasteiger partial charge in [0.1, 0.15) is 11.9 Å². The highest BCUT2D eigenvalue weighted by Crippen LogP contribution is 2.23. The average Bonchev–Trinajstić information content (AvgIpc) is 2.84. The minimum Gasteiger partial charge on any atom is -0.399 e. The minimum atomic E-state index is -0.602. The molecule has 1 heterocycles. The number of hydrogen-bond acceptors (Lipinski definition) is 3. The van der Waals surface area contributed by atoms with Gasteiger partial charge in [-0.3, -0.25) is 0 Å². The molecule has 108 valence electrons. The van der Waals surface area contributed by atoms with Gasteiger partial charge in [-0.1, -0.05) is 30.3 Å². The van der Waals surface area contributed by atoms with E-state index in [0.717, 1.165) is 24.0 Å². The van der Waals surface area contributed by atoms with Gasteiger partial charge in [0, 0.05) is 12.2 Å². The predicted octanol–water partition coefficient (Wildman–Crippen LogP) is 2.91. The maximum Gasteiger partial charge on any atom is 0.138 e. The van der Waals surface area contributed by atoms with Crippen molar-refractivity contribution in [3.8, 4) is 0 Å². The van der Waals surface area contributed by atoms with Gasteiger partial charge in [0.25, 0.3) is 0 Å². The van der Waals surface area contributed by atoms with Crippen molar-refractivity contribution in [2.24, 2.45) is 0 Å². The third kappa shape index (κ3) is 2.76. The first-order valence-corrected chi connectivity index (χ1v) is 7.13. The Bertz CT molecular complexity index is 747. The molecule has 0 amide bonds. The van der Waals surface area contributed by atoms with Crippen LogP contribution in [0.15, 0.2) is 48.5 Å². The van der Waals surface area contributed by atoms with E-state index < -0.39 is 6.10 Å². The summed E-state index contributed by atoms with van der Waals surface area (Å²) in [5, 5.41) is 9.96. The van der Waals surface area contributed by atoms with Crippen LogP contribution in [0.5, 0.6) is 0 Å². The molecule has 0 saturated carbocycles. The fourth-order valence-corrected chi connectivity index (χ4v) is 2.60. The summed E-state index contributed by atoms with van der Waals surface area (Å²) in [5.41, 5.74) is 9.61. The molecule has 0 saturated heterocycles. The molecule has 3 rings (SSSR count). The zero-order valence-electron chi connectivity index (χ0n) is 12.0. The van der Waals surface area contributed by atoms with Gasteiger partial charge in [-0.05, 0) is 37.1 Å². The molecule has 1 atom stereocenters. The summed E-state index contributed by atoms with van der Waals surface area (Å²) < 4.78 is 2.08. The molecular formula is C17H19N3O. The summed E-state index contributed by atoms with van der Waals surface area (Å²) >= 11 is 0. The second-order valence-corrected chi connectivity index (χ2v) is 5.28. The smallest absolute Gasteiger partial charge is 0.138 e. The van der Waals surface area contributed by atoms with Crippen LogP contribution in [0.25, 0.3) is 11.0 Å². The quantitative estimate of drug-likeness (QED) is 0.723. The zero-order chi connectivity index (χ0) is 14.8. The SMILES string of the molecule is CC(O)c1nc2cc(N)ccc2n1CCc1ccccc1. The Morgan fingerprint density at radius 1 is 1.19 bits per heavy atom. The van der Waals surface area contributed by atoms with Gasteiger partial charge in [0.15, 0.2) is 0 Å². The Labute approximate surface area is 123 Å². The number of aryl methyl sites for hydroxylation is 2. The molecule has 21 heavy (non-hydrogen) atoms. The van der Waals surface area contributed by atoms with Gasteiger partial charge in [-0.15, -0.1) is 0 Å². The molecule has 0 fully saturated rings. The molecule has 4 nitrogen and oxygen atoms in total. The molecule has 3 aromatic rings. The van der Waals surface area contributed by atoms with Crippen molar-refractivity contribution in [1.29, 1.82) is 0 Å². The van der Waals surface area contributed by atoms with Crippen LogP contribution >= 0.6 is 0 Å². The molecule has 0 aliphatic rings. The number of nitrogen functional groups attached to an aromatic ring is 1. The molecular weight excluding hydrogens is 262 g/mol. The fraction of sp³-hybridized carbons (Fsp3) is 0.235. The van der Waals surface area contributed by atoms with Gasteiger partial charge in [0.05, 0.1) is 11.0 Å². The average molecular weight is 281 g/mol. The first kappa shape index (κ1) is 13.6. The Hall–Kier alpha value is -2.33. The number of fused-ring (bicyclic) bond motifs is 1. The molecule has 0 aliphatic heterocycles. The lowest BCUT2D eigenvalue weighted by Gasteiger charge is -2.11. The molecule has 0 radical (unpaired) electrons. The molecule has 2 aromatic carbocycles. The van der Waals surface area contributed by atoms with Gasteiger partial charge in [-0.25, -0.2) is 4.98 Å². The van der Waals surface area contributed by atoms with E-state index in [-0.39, 0.29) is 0 Å². The van der Waals surface area contributed by atoms with E-state index in [1.165, 1.54) is 5.56 Å². The number of aliphatic hydroxyl groups is 1. The van der Waals surface area contributed by atoms with Gasteiger partial charge >= 0.3 is 0 Å². The van der Waals surface area contributed by atoms with Crippen molar-refractivity contribution in [2.45, 2.75) is 26.0 Å². The number of aliphatic hydroxyl groups excluding tert-OH is 1. The van der Waals surface area contributed by atoms with E-state index in [1.807, 2.05) is 36.4 Å². The van der Waals surface area contributed by atoms with Crippen molar-refractivity contribution in [1.82, 2.24) is 9.55 Å². The van der Waals surface area contributed by atoms with E-state index >= 15 is 0 Å². The van der Waals surface area contributed by atoms with Crippen LogP contribution in [-0.2, 0) is 13.0 Å². The number of hydrogen-bond donors (Lipinski definition) is 2. The topological polar surface area (TPSA) is 64.1 Å². The number of benzene rings is 2. The molecule has 1 aromatic heterocycles. The molecule has 4 heteroatoms. The second kappa shape index (κ2) is 5.58. The summed E-state index contributed by atoms with van der Waals surface area (Å²) in [4.78, 5) is 4.52. The molecule has 0 spiro atoms. The molecule has 3 N–H and O–H groups in total. The highest BCUT2D eigenvalue weighted by atomic mass is 16.3. The van der Waals surface area contributed by atoms with Crippen molar-refractivity contribution < 1.29 is 5.11 Å². The zero-order valence-corrected chi connectivity index (χ0v) is 12.0. The number of nitrogens with two attached hydrogens (primary N) is 1. The summed E-state index contributed by atoms with van der Waals surface area (Å²) in [6, 6.07) is 16.0. The minimum absolute atomic E-state index is 0.602. The van der Waals surface area contributed by atoms with Gasteiger partial charge < -0.3 is 15.4 Å². The monoisotopic (exact) mass is 281 g/mol. The second-order valence-electron chi connectivity index (χ2n) is 5.28. The summed E-state index contributed by atoms with van der Waals surface area (Å²) in [6.07, 6.45) is 0.297. The van der Waals surface area contributed by atoms with Crippen LogP contribution in [0, 0.1) is 0 Å². The summed E-state index contributed by atoms with van der Waals surface area (Å²) in [6.45, 7) is 2.52. The van der Waals surface area contributed by atoms with Gasteiger partial charge in [0.2, 0.25) is 0 Å². The van der Waals surface area contributed by atoms with E-state index in [1.54, 1.807) is 6.92 Å². The maximum atomic E-state index is 9.96. The van der Waals surface area contributed by atoms with Crippen molar-refractivity contribution in [3.63, 3.8) is 0 Å². The third-order valence-electron chi connectivity index (χ3n) is 3.64. The number of rotatable bonds is 4. The summed E-state index contributed by atoms with van der Waals surface area (Å²) in [5.74, 6) is 0.687. The number of anilines is 1.